The van der Waals surface area contributed by atoms with Crippen LogP contribution in [0.25, 0.3) is 0 Å². The minimum absolute atomic E-state index is 0.0164. The summed E-state index contributed by atoms with van der Waals surface area (Å²) in [6.07, 6.45) is 0. The lowest BCUT2D eigenvalue weighted by molar-refractivity contribution is -0.106. The molecule has 128 valence electrons. The van der Waals surface area contributed by atoms with Gasteiger partial charge in [0.15, 0.2) is 5.76 Å². The molecule has 1 aliphatic heterocycles. The Balaban J connectivity index is 1.52. The zero-order valence-electron chi connectivity index (χ0n) is 14.5. The molecule has 6 heteroatoms. The number of aromatic nitrogens is 1. The standard InChI is InChI=1S/C18H24N4O2/c1-18(2,3)16-11-15(24-21-16)12-20-17-19-9-10-22(17)23-13-14-7-5-4-6-8-14/h4-8,11H,9-10,12-13H2,1-3H3,(H,19,20). The largest absolute Gasteiger partial charge is 0.359 e. The predicted octanol–water partition coefficient (Wildman–Crippen LogP) is 2.87. The summed E-state index contributed by atoms with van der Waals surface area (Å²) in [6.45, 7) is 8.87. The van der Waals surface area contributed by atoms with Crippen molar-refractivity contribution in [3.05, 3.63) is 53.4 Å². The fourth-order valence-electron chi connectivity index (χ4n) is 2.34. The van der Waals surface area contributed by atoms with Crippen molar-refractivity contribution >= 4 is 5.96 Å². The van der Waals surface area contributed by atoms with Crippen LogP contribution < -0.4 is 5.32 Å². The van der Waals surface area contributed by atoms with Crippen molar-refractivity contribution in [2.24, 2.45) is 4.99 Å². The van der Waals surface area contributed by atoms with Crippen LogP contribution in [0.1, 0.15) is 37.8 Å². The van der Waals surface area contributed by atoms with E-state index in [-0.39, 0.29) is 5.41 Å². The Bertz CT molecular complexity index is 689. The number of hydrogen-bond donors (Lipinski definition) is 1. The highest BCUT2D eigenvalue weighted by Crippen LogP contribution is 2.21. The second-order valence-corrected chi connectivity index (χ2v) is 6.85. The van der Waals surface area contributed by atoms with Crippen LogP contribution in [-0.2, 0) is 23.4 Å². The second kappa shape index (κ2) is 7.05. The first-order valence-corrected chi connectivity index (χ1v) is 8.21. The molecule has 1 aromatic heterocycles. The molecule has 1 aliphatic rings. The monoisotopic (exact) mass is 328 g/mol. The van der Waals surface area contributed by atoms with Crippen molar-refractivity contribution in [2.45, 2.75) is 39.3 Å². The Hall–Kier alpha value is -2.34. The van der Waals surface area contributed by atoms with Gasteiger partial charge in [-0.2, -0.15) is 0 Å². The number of hydroxylamine groups is 2. The smallest absolute Gasteiger partial charge is 0.218 e. The molecule has 2 aromatic rings. The SMILES string of the molecule is CC(C)(C)c1cc(CNC2=NCCN2OCc2ccccc2)on1. The lowest BCUT2D eigenvalue weighted by Gasteiger charge is -2.20. The minimum atomic E-state index is -0.0164. The zero-order valence-corrected chi connectivity index (χ0v) is 14.5. The molecule has 0 unspecified atom stereocenters. The Morgan fingerprint density at radius 1 is 1.25 bits per heavy atom. The van der Waals surface area contributed by atoms with Gasteiger partial charge in [-0.1, -0.05) is 56.3 Å². The molecule has 3 rings (SSSR count). The molecule has 0 bridgehead atoms. The van der Waals surface area contributed by atoms with Crippen molar-refractivity contribution < 1.29 is 9.36 Å². The van der Waals surface area contributed by atoms with Gasteiger partial charge < -0.3 is 9.84 Å². The van der Waals surface area contributed by atoms with E-state index >= 15 is 0 Å². The van der Waals surface area contributed by atoms with Crippen molar-refractivity contribution in [2.75, 3.05) is 13.1 Å². The van der Waals surface area contributed by atoms with Gasteiger partial charge in [0.1, 0.15) is 6.61 Å². The molecule has 0 spiro atoms. The number of benzene rings is 1. The van der Waals surface area contributed by atoms with Gasteiger partial charge in [-0.3, -0.25) is 4.84 Å². The normalized spacial score (nSPS) is 14.8. The van der Waals surface area contributed by atoms with Gasteiger partial charge in [0.05, 0.1) is 25.3 Å². The summed E-state index contributed by atoms with van der Waals surface area (Å²) in [5.41, 5.74) is 2.07. The summed E-state index contributed by atoms with van der Waals surface area (Å²) in [6, 6.07) is 12.1. The maximum Gasteiger partial charge on any atom is 0.218 e. The summed E-state index contributed by atoms with van der Waals surface area (Å²) < 4.78 is 5.39. The van der Waals surface area contributed by atoms with Crippen LogP contribution in [0.4, 0.5) is 0 Å². The molecule has 2 heterocycles. The molecule has 1 aromatic carbocycles. The topological polar surface area (TPSA) is 62.9 Å². The van der Waals surface area contributed by atoms with Gasteiger partial charge in [-0.05, 0) is 5.56 Å². The number of rotatable bonds is 5. The summed E-state index contributed by atoms with van der Waals surface area (Å²) in [4.78, 5) is 10.3. The quantitative estimate of drug-likeness (QED) is 0.914. The molecule has 0 atom stereocenters. The van der Waals surface area contributed by atoms with E-state index in [1.165, 1.54) is 0 Å². The first-order chi connectivity index (χ1) is 11.5. The van der Waals surface area contributed by atoms with Gasteiger partial charge in [0.2, 0.25) is 5.96 Å². The maximum atomic E-state index is 5.84. The van der Waals surface area contributed by atoms with E-state index in [2.05, 4.69) is 36.2 Å². The molecule has 0 saturated carbocycles. The Labute approximate surface area is 142 Å². The van der Waals surface area contributed by atoms with E-state index in [0.717, 1.165) is 36.1 Å². The molecule has 6 nitrogen and oxygen atoms in total. The minimum Gasteiger partial charge on any atom is -0.359 e. The third-order valence-corrected chi connectivity index (χ3v) is 3.78. The summed E-state index contributed by atoms with van der Waals surface area (Å²) in [7, 11) is 0. The molecule has 24 heavy (non-hydrogen) atoms. The van der Waals surface area contributed by atoms with Crippen molar-refractivity contribution in [1.29, 1.82) is 0 Å². The fourth-order valence-corrected chi connectivity index (χ4v) is 2.34. The van der Waals surface area contributed by atoms with Gasteiger partial charge >= 0.3 is 0 Å². The molecule has 0 fully saturated rings. The summed E-state index contributed by atoms with van der Waals surface area (Å²) >= 11 is 0. The fraction of sp³-hybridized carbons (Fsp3) is 0.444. The molecule has 0 radical (unpaired) electrons. The molecular formula is C18H24N4O2. The lowest BCUT2D eigenvalue weighted by atomic mass is 9.92. The highest BCUT2D eigenvalue weighted by Gasteiger charge is 2.21. The summed E-state index contributed by atoms with van der Waals surface area (Å²) in [5.74, 6) is 1.53. The molecule has 0 aliphatic carbocycles. The lowest BCUT2D eigenvalue weighted by Crippen LogP contribution is -2.37. The predicted molar refractivity (Wildman–Crippen MR) is 92.3 cm³/mol. The highest BCUT2D eigenvalue weighted by molar-refractivity contribution is 5.80. The van der Waals surface area contributed by atoms with Crippen molar-refractivity contribution in [1.82, 2.24) is 15.5 Å². The Kier molecular flexibility index (Phi) is 4.85. The van der Waals surface area contributed by atoms with Crippen molar-refractivity contribution in [3.63, 3.8) is 0 Å². The third kappa shape index (κ3) is 4.14. The number of nitrogens with zero attached hydrogens (tertiary/aromatic N) is 3. The van der Waals surface area contributed by atoms with Crippen LogP contribution in [0, 0.1) is 0 Å². The van der Waals surface area contributed by atoms with Gasteiger partial charge in [0, 0.05) is 11.5 Å². The first kappa shape index (κ1) is 16.5. The average molecular weight is 328 g/mol. The Morgan fingerprint density at radius 3 is 2.75 bits per heavy atom. The van der Waals surface area contributed by atoms with E-state index in [9.17, 15) is 0 Å². The van der Waals surface area contributed by atoms with Gasteiger partial charge in [-0.15, -0.1) is 0 Å². The van der Waals surface area contributed by atoms with E-state index < -0.39 is 0 Å². The average Bonchev–Trinajstić information content (AvgIpc) is 3.20. The van der Waals surface area contributed by atoms with Crippen LogP contribution in [-0.4, -0.2) is 29.3 Å². The number of hydrogen-bond acceptors (Lipinski definition) is 6. The maximum absolute atomic E-state index is 5.84. The van der Waals surface area contributed by atoms with Crippen molar-refractivity contribution in [3.8, 4) is 0 Å². The highest BCUT2D eigenvalue weighted by atomic mass is 16.7. The van der Waals surface area contributed by atoms with E-state index in [1.54, 1.807) is 5.06 Å². The first-order valence-electron chi connectivity index (χ1n) is 8.21. The van der Waals surface area contributed by atoms with Gasteiger partial charge in [-0.25, -0.2) is 10.1 Å². The third-order valence-electron chi connectivity index (χ3n) is 3.78. The molecule has 1 N–H and O–H groups in total. The van der Waals surface area contributed by atoms with E-state index in [4.69, 9.17) is 9.36 Å². The van der Waals surface area contributed by atoms with E-state index in [0.29, 0.717) is 13.2 Å². The molecule has 0 amide bonds. The van der Waals surface area contributed by atoms with Crippen LogP contribution in [0.3, 0.4) is 0 Å². The van der Waals surface area contributed by atoms with Crippen LogP contribution >= 0.6 is 0 Å². The van der Waals surface area contributed by atoms with Crippen LogP contribution in [0.5, 0.6) is 0 Å². The zero-order chi connectivity index (χ0) is 17.0. The number of aliphatic imine (C=N–C) groups is 1. The van der Waals surface area contributed by atoms with Gasteiger partial charge in [0.25, 0.3) is 0 Å². The Morgan fingerprint density at radius 2 is 2.04 bits per heavy atom. The number of nitrogens with one attached hydrogen (secondary N) is 1. The summed E-state index contributed by atoms with van der Waals surface area (Å²) in [5, 5.41) is 9.19. The molecule has 0 saturated heterocycles. The number of guanidine groups is 1. The van der Waals surface area contributed by atoms with Crippen LogP contribution in [0.2, 0.25) is 0 Å². The second-order valence-electron chi connectivity index (χ2n) is 6.85. The van der Waals surface area contributed by atoms with E-state index in [1.807, 2.05) is 36.4 Å². The van der Waals surface area contributed by atoms with Crippen LogP contribution in [0.15, 0.2) is 45.9 Å². The molecular weight excluding hydrogens is 304 g/mol.